The van der Waals surface area contributed by atoms with Gasteiger partial charge in [-0.05, 0) is 56.8 Å². The minimum Gasteiger partial charge on any atom is -0.479 e. The van der Waals surface area contributed by atoms with Crippen molar-refractivity contribution in [3.05, 3.63) is 28.2 Å². The predicted molar refractivity (Wildman–Crippen MR) is 96.9 cm³/mol. The van der Waals surface area contributed by atoms with Crippen LogP contribution in [0.2, 0.25) is 10.0 Å². The SMILES string of the molecule is CC(Oc1ccc(Cl)cc1Cl)C(=O)N1CCCN(CC2CC2)CC1. The molecule has 0 bridgehead atoms. The van der Waals surface area contributed by atoms with Gasteiger partial charge < -0.3 is 14.5 Å². The Bertz CT molecular complexity index is 592. The number of hydrogen-bond donors (Lipinski definition) is 0. The van der Waals surface area contributed by atoms with Crippen LogP contribution >= 0.6 is 23.2 Å². The van der Waals surface area contributed by atoms with Crippen LogP contribution in [0.4, 0.5) is 0 Å². The summed E-state index contributed by atoms with van der Waals surface area (Å²) in [6.45, 7) is 6.57. The molecule has 0 aromatic heterocycles. The Morgan fingerprint density at radius 2 is 2.04 bits per heavy atom. The second kappa shape index (κ2) is 7.94. The fraction of sp³-hybridized carbons (Fsp3) is 0.611. The molecular weight excluding hydrogens is 347 g/mol. The standard InChI is InChI=1S/C18H24Cl2N2O2/c1-13(24-17-6-5-15(19)11-16(17)20)18(23)22-8-2-7-21(9-10-22)12-14-3-4-14/h5-6,11,13-14H,2-4,7-10,12H2,1H3. The average Bonchev–Trinajstić information content (AvgIpc) is 3.37. The first-order valence-corrected chi connectivity index (χ1v) is 9.41. The average molecular weight is 371 g/mol. The summed E-state index contributed by atoms with van der Waals surface area (Å²) in [5.41, 5.74) is 0. The summed E-state index contributed by atoms with van der Waals surface area (Å²) in [5.74, 6) is 1.41. The van der Waals surface area contributed by atoms with E-state index in [1.54, 1.807) is 25.1 Å². The number of carbonyl (C=O) groups excluding carboxylic acids is 1. The summed E-state index contributed by atoms with van der Waals surface area (Å²) < 4.78 is 5.76. The van der Waals surface area contributed by atoms with Crippen LogP contribution < -0.4 is 4.74 Å². The fourth-order valence-electron chi connectivity index (χ4n) is 3.11. The molecule has 1 aromatic carbocycles. The van der Waals surface area contributed by atoms with Gasteiger partial charge in [0.05, 0.1) is 5.02 Å². The Labute approximate surface area is 153 Å². The second-order valence-electron chi connectivity index (χ2n) is 6.76. The minimum atomic E-state index is -0.557. The maximum atomic E-state index is 12.7. The van der Waals surface area contributed by atoms with Crippen LogP contribution in [-0.2, 0) is 4.79 Å². The topological polar surface area (TPSA) is 32.8 Å². The Morgan fingerprint density at radius 1 is 1.25 bits per heavy atom. The molecule has 0 spiro atoms. The van der Waals surface area contributed by atoms with E-state index < -0.39 is 6.10 Å². The van der Waals surface area contributed by atoms with E-state index in [2.05, 4.69) is 4.90 Å². The van der Waals surface area contributed by atoms with Crippen molar-refractivity contribution in [1.82, 2.24) is 9.80 Å². The first kappa shape index (κ1) is 17.8. The summed E-state index contributed by atoms with van der Waals surface area (Å²) in [4.78, 5) is 17.1. The predicted octanol–water partition coefficient (Wildman–Crippen LogP) is 3.71. The van der Waals surface area contributed by atoms with Crippen LogP contribution in [0.1, 0.15) is 26.2 Å². The lowest BCUT2D eigenvalue weighted by molar-refractivity contribution is -0.137. The maximum Gasteiger partial charge on any atom is 0.263 e. The minimum absolute atomic E-state index is 0.0225. The summed E-state index contributed by atoms with van der Waals surface area (Å²) in [5, 5.41) is 0.975. The van der Waals surface area contributed by atoms with Crippen LogP contribution in [0.25, 0.3) is 0 Å². The van der Waals surface area contributed by atoms with Gasteiger partial charge in [-0.15, -0.1) is 0 Å². The van der Waals surface area contributed by atoms with Crippen molar-refractivity contribution in [1.29, 1.82) is 0 Å². The summed E-state index contributed by atoms with van der Waals surface area (Å²) in [6.07, 6.45) is 3.20. The van der Waals surface area contributed by atoms with E-state index in [9.17, 15) is 4.79 Å². The number of rotatable bonds is 5. The Hall–Kier alpha value is -0.970. The zero-order chi connectivity index (χ0) is 17.1. The molecular formula is C18H24Cl2N2O2. The molecule has 1 aliphatic carbocycles. The number of hydrogen-bond acceptors (Lipinski definition) is 3. The van der Waals surface area contributed by atoms with E-state index in [-0.39, 0.29) is 5.91 Å². The van der Waals surface area contributed by atoms with E-state index in [0.717, 1.165) is 38.5 Å². The molecule has 1 saturated heterocycles. The maximum absolute atomic E-state index is 12.7. The van der Waals surface area contributed by atoms with E-state index in [1.807, 2.05) is 4.90 Å². The van der Waals surface area contributed by atoms with Crippen molar-refractivity contribution in [2.24, 2.45) is 5.92 Å². The van der Waals surface area contributed by atoms with Crippen LogP contribution in [-0.4, -0.2) is 54.5 Å². The normalized spacial score (nSPS) is 20.5. The molecule has 1 amide bonds. The largest absolute Gasteiger partial charge is 0.479 e. The van der Waals surface area contributed by atoms with E-state index in [0.29, 0.717) is 15.8 Å². The number of carbonyl (C=O) groups is 1. The monoisotopic (exact) mass is 370 g/mol. The third kappa shape index (κ3) is 4.78. The highest BCUT2D eigenvalue weighted by Gasteiger charge is 2.28. The van der Waals surface area contributed by atoms with Crippen molar-refractivity contribution in [2.45, 2.75) is 32.3 Å². The van der Waals surface area contributed by atoms with Gasteiger partial charge in [0.25, 0.3) is 5.91 Å². The number of amides is 1. The quantitative estimate of drug-likeness (QED) is 0.791. The lowest BCUT2D eigenvalue weighted by atomic mass is 10.3. The highest BCUT2D eigenvalue weighted by Crippen LogP contribution is 2.30. The van der Waals surface area contributed by atoms with Crippen LogP contribution in [0, 0.1) is 5.92 Å². The molecule has 2 aliphatic rings. The molecule has 1 aliphatic heterocycles. The Kier molecular flexibility index (Phi) is 5.90. The summed E-state index contributed by atoms with van der Waals surface area (Å²) in [6, 6.07) is 5.03. The van der Waals surface area contributed by atoms with Crippen molar-refractivity contribution in [2.75, 3.05) is 32.7 Å². The lowest BCUT2D eigenvalue weighted by Gasteiger charge is -2.25. The van der Waals surface area contributed by atoms with Gasteiger partial charge in [-0.25, -0.2) is 0 Å². The fourth-order valence-corrected chi connectivity index (χ4v) is 3.56. The first-order valence-electron chi connectivity index (χ1n) is 8.66. The first-order chi connectivity index (χ1) is 11.5. The van der Waals surface area contributed by atoms with E-state index in [1.165, 1.54) is 19.4 Å². The smallest absolute Gasteiger partial charge is 0.263 e. The molecule has 0 radical (unpaired) electrons. The van der Waals surface area contributed by atoms with Gasteiger partial charge >= 0.3 is 0 Å². The van der Waals surface area contributed by atoms with Gasteiger partial charge in [0.1, 0.15) is 5.75 Å². The number of benzene rings is 1. The molecule has 1 saturated carbocycles. The lowest BCUT2D eigenvalue weighted by Crippen LogP contribution is -2.42. The van der Waals surface area contributed by atoms with Crippen molar-refractivity contribution in [3.63, 3.8) is 0 Å². The van der Waals surface area contributed by atoms with Crippen LogP contribution in [0.3, 0.4) is 0 Å². The molecule has 0 N–H and O–H groups in total. The Morgan fingerprint density at radius 3 is 2.75 bits per heavy atom. The third-order valence-electron chi connectivity index (χ3n) is 4.66. The molecule has 1 heterocycles. The van der Waals surface area contributed by atoms with Crippen molar-refractivity contribution < 1.29 is 9.53 Å². The molecule has 6 heteroatoms. The third-order valence-corrected chi connectivity index (χ3v) is 5.19. The van der Waals surface area contributed by atoms with E-state index in [4.69, 9.17) is 27.9 Å². The molecule has 1 atom stereocenters. The zero-order valence-electron chi connectivity index (χ0n) is 14.0. The molecule has 24 heavy (non-hydrogen) atoms. The molecule has 1 aromatic rings. The number of ether oxygens (including phenoxy) is 1. The van der Waals surface area contributed by atoms with Gasteiger partial charge in [-0.3, -0.25) is 4.79 Å². The Balaban J connectivity index is 1.54. The highest BCUT2D eigenvalue weighted by atomic mass is 35.5. The summed E-state index contributed by atoms with van der Waals surface area (Å²) >= 11 is 12.0. The number of nitrogens with zero attached hydrogens (tertiary/aromatic N) is 2. The van der Waals surface area contributed by atoms with Gasteiger partial charge in [-0.2, -0.15) is 0 Å². The molecule has 1 unspecified atom stereocenters. The highest BCUT2D eigenvalue weighted by molar-refractivity contribution is 6.35. The van der Waals surface area contributed by atoms with Gasteiger partial charge in [0.15, 0.2) is 6.10 Å². The molecule has 2 fully saturated rings. The van der Waals surface area contributed by atoms with Gasteiger partial charge in [0.2, 0.25) is 0 Å². The summed E-state index contributed by atoms with van der Waals surface area (Å²) in [7, 11) is 0. The van der Waals surface area contributed by atoms with Crippen LogP contribution in [0.5, 0.6) is 5.75 Å². The van der Waals surface area contributed by atoms with Crippen LogP contribution in [0.15, 0.2) is 18.2 Å². The van der Waals surface area contributed by atoms with Gasteiger partial charge in [0, 0.05) is 31.2 Å². The van der Waals surface area contributed by atoms with Crippen molar-refractivity contribution >= 4 is 29.1 Å². The second-order valence-corrected chi connectivity index (χ2v) is 7.60. The van der Waals surface area contributed by atoms with E-state index >= 15 is 0 Å². The van der Waals surface area contributed by atoms with Crippen molar-refractivity contribution in [3.8, 4) is 5.75 Å². The molecule has 4 nitrogen and oxygen atoms in total. The van der Waals surface area contributed by atoms with Gasteiger partial charge in [-0.1, -0.05) is 23.2 Å². The molecule has 3 rings (SSSR count). The zero-order valence-corrected chi connectivity index (χ0v) is 15.5. The molecule has 132 valence electrons. The number of halogens is 2.